The first-order valence-electron chi connectivity index (χ1n) is 7.91. The number of rotatable bonds is 1. The van der Waals surface area contributed by atoms with Crippen molar-refractivity contribution in [1.29, 1.82) is 0 Å². The molecule has 1 aromatic rings. The zero-order valence-electron chi connectivity index (χ0n) is 12.4. The van der Waals surface area contributed by atoms with Crippen LogP contribution in [0.15, 0.2) is 17.7 Å². The number of benzene rings is 1. The van der Waals surface area contributed by atoms with Gasteiger partial charge < -0.3 is 9.47 Å². The number of hydrogen-bond acceptors (Lipinski definition) is 3. The molecule has 118 valence electrons. The van der Waals surface area contributed by atoms with Gasteiger partial charge in [-0.25, -0.2) is 0 Å². The van der Waals surface area contributed by atoms with E-state index in [1.165, 1.54) is 18.4 Å². The van der Waals surface area contributed by atoms with E-state index < -0.39 is 0 Å². The molecule has 3 aliphatic rings. The Morgan fingerprint density at radius 3 is 2.73 bits per heavy atom. The second-order valence-electron chi connectivity index (χ2n) is 6.17. The second-order valence-corrected chi connectivity index (χ2v) is 7.01. The molecule has 0 aromatic heterocycles. The van der Waals surface area contributed by atoms with Gasteiger partial charge in [0.05, 0.1) is 18.2 Å². The van der Waals surface area contributed by atoms with E-state index in [-0.39, 0.29) is 5.72 Å². The Hall–Kier alpha value is -0.740. The lowest BCUT2D eigenvalue weighted by Crippen LogP contribution is -2.59. The van der Waals surface area contributed by atoms with Crippen LogP contribution >= 0.6 is 23.2 Å². The third-order valence-electron chi connectivity index (χ3n) is 4.87. The summed E-state index contributed by atoms with van der Waals surface area (Å²) in [5.41, 5.74) is 2.01. The summed E-state index contributed by atoms with van der Waals surface area (Å²) in [4.78, 5) is 2.43. The molecule has 1 atom stereocenters. The molecule has 1 aliphatic carbocycles. The first kappa shape index (κ1) is 14.8. The largest absolute Gasteiger partial charge is 0.466 e. The van der Waals surface area contributed by atoms with Crippen molar-refractivity contribution >= 4 is 29.3 Å². The Morgan fingerprint density at radius 2 is 1.91 bits per heavy atom. The van der Waals surface area contributed by atoms with Crippen LogP contribution in [0.1, 0.15) is 31.2 Å². The van der Waals surface area contributed by atoms with E-state index in [1.807, 2.05) is 6.07 Å². The number of ether oxygens (including phenoxy) is 2. The molecular weight excluding hydrogens is 321 g/mol. The molecule has 0 bridgehead atoms. The summed E-state index contributed by atoms with van der Waals surface area (Å²) in [6.45, 7) is 3.33. The van der Waals surface area contributed by atoms with Crippen molar-refractivity contribution in [3.05, 3.63) is 33.3 Å². The summed E-state index contributed by atoms with van der Waals surface area (Å²) < 4.78 is 12.1. The molecule has 0 radical (unpaired) electrons. The molecule has 0 N–H and O–H groups in total. The summed E-state index contributed by atoms with van der Waals surface area (Å²) >= 11 is 12.5. The van der Waals surface area contributed by atoms with Crippen molar-refractivity contribution in [2.75, 3.05) is 26.3 Å². The van der Waals surface area contributed by atoms with E-state index in [1.54, 1.807) is 6.07 Å². The van der Waals surface area contributed by atoms with Gasteiger partial charge in [0.25, 0.3) is 0 Å². The zero-order chi connectivity index (χ0) is 15.2. The van der Waals surface area contributed by atoms with Gasteiger partial charge in [-0.1, -0.05) is 23.2 Å². The van der Waals surface area contributed by atoms with Crippen molar-refractivity contribution < 1.29 is 9.47 Å². The van der Waals surface area contributed by atoms with E-state index in [0.717, 1.165) is 50.5 Å². The van der Waals surface area contributed by atoms with Crippen LogP contribution in [0.2, 0.25) is 10.0 Å². The molecule has 1 aromatic carbocycles. The highest BCUT2D eigenvalue weighted by molar-refractivity contribution is 6.36. The molecule has 5 heteroatoms. The third kappa shape index (κ3) is 2.35. The molecule has 4 rings (SSSR count). The predicted octanol–water partition coefficient (Wildman–Crippen LogP) is 4.37. The summed E-state index contributed by atoms with van der Waals surface area (Å²) in [5, 5.41) is 1.25. The summed E-state index contributed by atoms with van der Waals surface area (Å²) in [6, 6.07) is 3.70. The lowest BCUT2D eigenvalue weighted by molar-refractivity contribution is -0.112. The van der Waals surface area contributed by atoms with Crippen LogP contribution in [0.25, 0.3) is 6.08 Å². The van der Waals surface area contributed by atoms with Crippen molar-refractivity contribution in [1.82, 2.24) is 4.90 Å². The standard InChI is InChI=1S/C17H19Cl2NO2/c18-14-10-12-9-13-3-1-2-4-17(13,20-5-7-21-8-6-20)22-16(12)15(19)11-14/h9-11H,1-8H2/t17-/m0/s1. The Kier molecular flexibility index (Phi) is 3.85. The van der Waals surface area contributed by atoms with Gasteiger partial charge in [-0.15, -0.1) is 0 Å². The van der Waals surface area contributed by atoms with Gasteiger partial charge in [-0.05, 0) is 43.0 Å². The van der Waals surface area contributed by atoms with E-state index >= 15 is 0 Å². The van der Waals surface area contributed by atoms with Gasteiger partial charge in [0.1, 0.15) is 5.75 Å². The Morgan fingerprint density at radius 1 is 1.09 bits per heavy atom. The average Bonchev–Trinajstić information content (AvgIpc) is 2.54. The van der Waals surface area contributed by atoms with Crippen LogP contribution in [0.5, 0.6) is 5.75 Å². The molecule has 22 heavy (non-hydrogen) atoms. The summed E-state index contributed by atoms with van der Waals surface area (Å²) in [7, 11) is 0. The SMILES string of the molecule is Clc1cc(Cl)c2c(c1)C=C1CCCC[C@]1(N1CCOCC1)O2. The van der Waals surface area contributed by atoms with Crippen LogP contribution in [-0.2, 0) is 4.74 Å². The Balaban J connectivity index is 1.80. The molecule has 0 unspecified atom stereocenters. The minimum absolute atomic E-state index is 0.341. The Bertz CT molecular complexity index is 625. The summed E-state index contributed by atoms with van der Waals surface area (Å²) in [6.07, 6.45) is 6.71. The van der Waals surface area contributed by atoms with Crippen LogP contribution in [0.3, 0.4) is 0 Å². The highest BCUT2D eigenvalue weighted by Crippen LogP contribution is 2.48. The third-order valence-corrected chi connectivity index (χ3v) is 5.37. The minimum Gasteiger partial charge on any atom is -0.466 e. The lowest BCUT2D eigenvalue weighted by Gasteiger charge is -2.50. The van der Waals surface area contributed by atoms with Crippen LogP contribution < -0.4 is 4.74 Å². The number of hydrogen-bond donors (Lipinski definition) is 0. The van der Waals surface area contributed by atoms with E-state index in [0.29, 0.717) is 10.0 Å². The first-order valence-corrected chi connectivity index (χ1v) is 8.66. The molecule has 2 fully saturated rings. The van der Waals surface area contributed by atoms with Crippen molar-refractivity contribution in [2.24, 2.45) is 0 Å². The molecule has 1 saturated heterocycles. The first-order chi connectivity index (χ1) is 10.7. The van der Waals surface area contributed by atoms with E-state index in [9.17, 15) is 0 Å². The lowest BCUT2D eigenvalue weighted by atomic mass is 9.82. The van der Waals surface area contributed by atoms with E-state index in [2.05, 4.69) is 11.0 Å². The highest BCUT2D eigenvalue weighted by Gasteiger charge is 2.47. The normalized spacial score (nSPS) is 28.4. The monoisotopic (exact) mass is 339 g/mol. The van der Waals surface area contributed by atoms with Crippen LogP contribution in [-0.4, -0.2) is 36.9 Å². The molecule has 3 nitrogen and oxygen atoms in total. The fraction of sp³-hybridized carbons (Fsp3) is 0.529. The van der Waals surface area contributed by atoms with Crippen LogP contribution in [0.4, 0.5) is 0 Å². The maximum atomic E-state index is 6.56. The van der Waals surface area contributed by atoms with Crippen LogP contribution in [0, 0.1) is 0 Å². The zero-order valence-corrected chi connectivity index (χ0v) is 13.9. The van der Waals surface area contributed by atoms with Gasteiger partial charge >= 0.3 is 0 Å². The van der Waals surface area contributed by atoms with Gasteiger partial charge in [0.15, 0.2) is 5.72 Å². The average molecular weight is 340 g/mol. The number of fused-ring (bicyclic) bond motifs is 2. The maximum absolute atomic E-state index is 6.56. The van der Waals surface area contributed by atoms with Gasteiger partial charge in [0, 0.05) is 30.1 Å². The van der Waals surface area contributed by atoms with Gasteiger partial charge in [-0.3, -0.25) is 4.90 Å². The van der Waals surface area contributed by atoms with Crippen molar-refractivity contribution in [2.45, 2.75) is 31.4 Å². The van der Waals surface area contributed by atoms with Crippen molar-refractivity contribution in [3.63, 3.8) is 0 Å². The predicted molar refractivity (Wildman–Crippen MR) is 88.7 cm³/mol. The molecule has 0 amide bonds. The minimum atomic E-state index is -0.341. The topological polar surface area (TPSA) is 21.7 Å². The molecule has 0 spiro atoms. The quantitative estimate of drug-likeness (QED) is 0.758. The number of morpholine rings is 1. The van der Waals surface area contributed by atoms with Crippen molar-refractivity contribution in [3.8, 4) is 5.75 Å². The Labute approximate surface area is 140 Å². The van der Waals surface area contributed by atoms with Gasteiger partial charge in [-0.2, -0.15) is 0 Å². The fourth-order valence-electron chi connectivity index (χ4n) is 3.84. The smallest absolute Gasteiger partial charge is 0.186 e. The number of halogens is 2. The number of nitrogens with zero attached hydrogens (tertiary/aromatic N) is 1. The van der Waals surface area contributed by atoms with Gasteiger partial charge in [0.2, 0.25) is 0 Å². The maximum Gasteiger partial charge on any atom is 0.186 e. The molecule has 2 heterocycles. The summed E-state index contributed by atoms with van der Waals surface area (Å²) in [5.74, 6) is 0.767. The molecule has 2 aliphatic heterocycles. The highest BCUT2D eigenvalue weighted by atomic mass is 35.5. The molecule has 1 saturated carbocycles. The second kappa shape index (κ2) is 5.72. The molecular formula is C17H19Cl2NO2. The van der Waals surface area contributed by atoms with E-state index in [4.69, 9.17) is 32.7 Å². The fourth-order valence-corrected chi connectivity index (χ4v) is 4.39.